The maximum atomic E-state index is 10.9. The van der Waals surface area contributed by atoms with E-state index in [1.54, 1.807) is 19.1 Å². The molecule has 5 nitrogen and oxygen atoms in total. The minimum atomic E-state index is -0.588. The number of aryl methyl sites for hydroxylation is 1. The number of phenolic OH excluding ortho intramolecular Hbond substituents is 1. The predicted molar refractivity (Wildman–Crippen MR) is 77.1 cm³/mol. The van der Waals surface area contributed by atoms with Crippen molar-refractivity contribution in [2.24, 2.45) is 5.73 Å². The number of nitrogens with two attached hydrogens (primary N) is 1. The van der Waals surface area contributed by atoms with E-state index in [0.717, 1.165) is 4.88 Å². The number of halogens is 1. The zero-order valence-electron chi connectivity index (χ0n) is 10.1. The lowest BCUT2D eigenvalue weighted by Crippen LogP contribution is -2.11. The van der Waals surface area contributed by atoms with Crippen LogP contribution in [0.4, 0.5) is 5.69 Å². The summed E-state index contributed by atoms with van der Waals surface area (Å²) in [5.74, 6) is -0.346. The number of hydrogen-bond donors (Lipinski definition) is 2. The van der Waals surface area contributed by atoms with Gasteiger partial charge < -0.3 is 10.8 Å². The molecule has 0 aliphatic carbocycles. The quantitative estimate of drug-likeness (QED) is 0.673. The van der Waals surface area contributed by atoms with Gasteiger partial charge in [-0.15, -0.1) is 23.7 Å². The third kappa shape index (κ3) is 2.86. The van der Waals surface area contributed by atoms with E-state index in [1.807, 2.05) is 17.5 Å². The fraction of sp³-hybridized carbons (Fsp3) is 0.167. The number of rotatable bonds is 3. The molecule has 1 aromatic heterocycles. The minimum Gasteiger partial charge on any atom is -0.502 e. The highest BCUT2D eigenvalue weighted by Crippen LogP contribution is 2.38. The molecular formula is C12H13ClN2O3S. The summed E-state index contributed by atoms with van der Waals surface area (Å²) < 4.78 is 0. The Morgan fingerprint density at radius 1 is 1.42 bits per heavy atom. The number of nitrogens with zero attached hydrogens (tertiary/aromatic N) is 1. The van der Waals surface area contributed by atoms with Crippen LogP contribution in [0.3, 0.4) is 0 Å². The fourth-order valence-electron chi connectivity index (χ4n) is 1.80. The van der Waals surface area contributed by atoms with Crippen LogP contribution in [0.25, 0.3) is 0 Å². The van der Waals surface area contributed by atoms with E-state index in [4.69, 9.17) is 5.73 Å². The summed E-state index contributed by atoms with van der Waals surface area (Å²) in [5, 5.41) is 22.8. The molecule has 1 aromatic carbocycles. The zero-order valence-corrected chi connectivity index (χ0v) is 11.7. The van der Waals surface area contributed by atoms with Crippen LogP contribution < -0.4 is 5.73 Å². The third-order valence-electron chi connectivity index (χ3n) is 2.75. The topological polar surface area (TPSA) is 89.4 Å². The van der Waals surface area contributed by atoms with Crippen LogP contribution >= 0.6 is 23.7 Å². The van der Waals surface area contributed by atoms with Gasteiger partial charge >= 0.3 is 5.69 Å². The molecule has 1 heterocycles. The Morgan fingerprint density at radius 2 is 2.11 bits per heavy atom. The number of hydrogen-bond acceptors (Lipinski definition) is 5. The maximum Gasteiger partial charge on any atom is 0.313 e. The van der Waals surface area contributed by atoms with Gasteiger partial charge in [0.1, 0.15) is 0 Å². The molecule has 3 N–H and O–H groups in total. The number of nitro groups is 1. The largest absolute Gasteiger partial charge is 0.502 e. The van der Waals surface area contributed by atoms with Crippen molar-refractivity contribution in [3.63, 3.8) is 0 Å². The number of phenols is 1. The van der Waals surface area contributed by atoms with Crippen LogP contribution in [-0.2, 0) is 0 Å². The Hall–Kier alpha value is -1.63. The van der Waals surface area contributed by atoms with Gasteiger partial charge in [0.2, 0.25) is 0 Å². The van der Waals surface area contributed by atoms with Gasteiger partial charge in [0.15, 0.2) is 5.75 Å². The third-order valence-corrected chi connectivity index (χ3v) is 3.71. The first-order valence-corrected chi connectivity index (χ1v) is 6.16. The Morgan fingerprint density at radius 3 is 2.63 bits per heavy atom. The molecule has 0 fully saturated rings. The molecule has 0 spiro atoms. The summed E-state index contributed by atoms with van der Waals surface area (Å²) in [6.45, 7) is 1.58. The molecule has 1 atom stereocenters. The van der Waals surface area contributed by atoms with Gasteiger partial charge in [0.05, 0.1) is 11.0 Å². The van der Waals surface area contributed by atoms with E-state index in [0.29, 0.717) is 11.1 Å². The predicted octanol–water partition coefficient (Wildman–Crippen LogP) is 3.14. The minimum absolute atomic E-state index is 0. The molecule has 7 heteroatoms. The number of nitro benzene ring substituents is 1. The zero-order chi connectivity index (χ0) is 13.3. The second-order valence-electron chi connectivity index (χ2n) is 3.92. The molecule has 0 amide bonds. The molecule has 0 saturated carbocycles. The maximum absolute atomic E-state index is 10.9. The summed E-state index contributed by atoms with van der Waals surface area (Å²) in [7, 11) is 0. The Kier molecular flexibility index (Phi) is 4.88. The van der Waals surface area contributed by atoms with Crippen LogP contribution in [0.15, 0.2) is 29.6 Å². The smallest absolute Gasteiger partial charge is 0.313 e. The molecule has 2 aromatic rings. The summed E-state index contributed by atoms with van der Waals surface area (Å²) in [6.07, 6.45) is 0. The second kappa shape index (κ2) is 6.01. The summed E-state index contributed by atoms with van der Waals surface area (Å²) in [4.78, 5) is 11.2. The van der Waals surface area contributed by atoms with Gasteiger partial charge in [-0.25, -0.2) is 0 Å². The van der Waals surface area contributed by atoms with Crippen LogP contribution in [0, 0.1) is 17.0 Å². The van der Waals surface area contributed by atoms with Gasteiger partial charge in [-0.05, 0) is 18.4 Å². The van der Waals surface area contributed by atoms with Crippen molar-refractivity contribution < 1.29 is 10.0 Å². The molecule has 0 aliphatic heterocycles. The lowest BCUT2D eigenvalue weighted by molar-refractivity contribution is -0.386. The number of thiophene rings is 1. The SMILES string of the molecule is Cc1ccc([C@H](N)c2cccs2)c(O)c1[N+](=O)[O-].Cl. The van der Waals surface area contributed by atoms with E-state index in [1.165, 1.54) is 11.3 Å². The van der Waals surface area contributed by atoms with Crippen LogP contribution in [0.5, 0.6) is 5.75 Å². The van der Waals surface area contributed by atoms with Crippen molar-refractivity contribution in [1.29, 1.82) is 0 Å². The molecule has 0 bridgehead atoms. The average molecular weight is 301 g/mol. The van der Waals surface area contributed by atoms with E-state index in [-0.39, 0.29) is 23.8 Å². The lowest BCUT2D eigenvalue weighted by Gasteiger charge is -2.12. The van der Waals surface area contributed by atoms with Crippen molar-refractivity contribution in [3.8, 4) is 5.75 Å². The van der Waals surface area contributed by atoms with Gasteiger partial charge in [-0.1, -0.05) is 18.2 Å². The normalized spacial score (nSPS) is 11.7. The van der Waals surface area contributed by atoms with Crippen LogP contribution in [-0.4, -0.2) is 10.0 Å². The molecule has 0 aliphatic rings. The average Bonchev–Trinajstić information content (AvgIpc) is 2.81. The first kappa shape index (κ1) is 15.4. The van der Waals surface area contributed by atoms with Crippen molar-refractivity contribution in [1.82, 2.24) is 0 Å². The Balaban J connectivity index is 0.00000180. The Labute approximate surface area is 120 Å². The summed E-state index contributed by atoms with van der Waals surface area (Å²) in [5.41, 5.74) is 6.52. The highest BCUT2D eigenvalue weighted by atomic mass is 35.5. The van der Waals surface area contributed by atoms with Crippen LogP contribution in [0.2, 0.25) is 0 Å². The van der Waals surface area contributed by atoms with E-state index >= 15 is 0 Å². The van der Waals surface area contributed by atoms with Gasteiger partial charge in [0.25, 0.3) is 0 Å². The summed E-state index contributed by atoms with van der Waals surface area (Å²) in [6, 6.07) is 6.35. The molecule has 0 saturated heterocycles. The van der Waals surface area contributed by atoms with Gasteiger partial charge in [-0.2, -0.15) is 0 Å². The van der Waals surface area contributed by atoms with E-state index < -0.39 is 11.0 Å². The first-order valence-electron chi connectivity index (χ1n) is 5.28. The fourth-order valence-corrected chi connectivity index (χ4v) is 2.54. The van der Waals surface area contributed by atoms with Gasteiger partial charge in [-0.3, -0.25) is 10.1 Å². The molecular weight excluding hydrogens is 288 g/mol. The molecule has 102 valence electrons. The second-order valence-corrected chi connectivity index (χ2v) is 4.90. The highest BCUT2D eigenvalue weighted by molar-refractivity contribution is 7.10. The Bertz CT molecular complexity index is 587. The van der Waals surface area contributed by atoms with Crippen molar-refractivity contribution in [2.75, 3.05) is 0 Å². The highest BCUT2D eigenvalue weighted by Gasteiger charge is 2.24. The molecule has 2 rings (SSSR count). The standard InChI is InChI=1S/C12H12N2O3S.ClH/c1-7-4-5-8(12(15)11(7)14(16)17)10(13)9-3-2-6-18-9;/h2-6,10,15H,13H2,1H3;1H/t10-;/m0./s1. The molecule has 0 radical (unpaired) electrons. The molecule has 0 unspecified atom stereocenters. The van der Waals surface area contributed by atoms with E-state index in [2.05, 4.69) is 0 Å². The van der Waals surface area contributed by atoms with Gasteiger partial charge in [0, 0.05) is 16.0 Å². The van der Waals surface area contributed by atoms with E-state index in [9.17, 15) is 15.2 Å². The van der Waals surface area contributed by atoms with Crippen molar-refractivity contribution in [3.05, 3.63) is 55.8 Å². The first-order chi connectivity index (χ1) is 8.52. The van der Waals surface area contributed by atoms with Crippen molar-refractivity contribution >= 4 is 29.4 Å². The molecule has 19 heavy (non-hydrogen) atoms. The monoisotopic (exact) mass is 300 g/mol. The summed E-state index contributed by atoms with van der Waals surface area (Å²) >= 11 is 1.45. The number of aromatic hydroxyl groups is 1. The number of benzene rings is 1. The van der Waals surface area contributed by atoms with Crippen molar-refractivity contribution in [2.45, 2.75) is 13.0 Å². The lowest BCUT2D eigenvalue weighted by atomic mass is 10.0. The van der Waals surface area contributed by atoms with Crippen LogP contribution in [0.1, 0.15) is 22.0 Å².